The second-order valence-corrected chi connectivity index (χ2v) is 9.24. The average molecular weight is 566 g/mol. The summed E-state index contributed by atoms with van der Waals surface area (Å²) in [7, 11) is 0. The van der Waals surface area contributed by atoms with Gasteiger partial charge < -0.3 is 10.1 Å². The molecule has 0 bridgehead atoms. The number of anilines is 1. The SMILES string of the molecule is O=C(Nc1nn(Cc2ccc(Cl)cc2Cl)cc1Br)c1cccc(COc2ccccc2Cl)c1. The number of hydrogen-bond donors (Lipinski definition) is 1. The van der Waals surface area contributed by atoms with Gasteiger partial charge in [0, 0.05) is 21.8 Å². The molecule has 4 rings (SSSR count). The molecule has 3 aromatic carbocycles. The normalized spacial score (nSPS) is 10.8. The van der Waals surface area contributed by atoms with Gasteiger partial charge in [0.05, 0.1) is 16.0 Å². The van der Waals surface area contributed by atoms with Crippen molar-refractivity contribution >= 4 is 62.5 Å². The number of aromatic nitrogens is 2. The van der Waals surface area contributed by atoms with Crippen LogP contribution in [0.25, 0.3) is 0 Å². The first-order chi connectivity index (χ1) is 15.9. The summed E-state index contributed by atoms with van der Waals surface area (Å²) >= 11 is 21.8. The Bertz CT molecular complexity index is 1310. The van der Waals surface area contributed by atoms with E-state index in [2.05, 4.69) is 26.3 Å². The van der Waals surface area contributed by atoms with E-state index in [1.54, 1.807) is 53.3 Å². The van der Waals surface area contributed by atoms with E-state index in [-0.39, 0.29) is 12.5 Å². The highest BCUT2D eigenvalue weighted by atomic mass is 79.9. The van der Waals surface area contributed by atoms with Gasteiger partial charge in [0.2, 0.25) is 0 Å². The molecule has 5 nitrogen and oxygen atoms in total. The van der Waals surface area contributed by atoms with Gasteiger partial charge in [0.1, 0.15) is 12.4 Å². The minimum absolute atomic E-state index is 0.283. The van der Waals surface area contributed by atoms with Crippen LogP contribution in [0.1, 0.15) is 21.5 Å². The van der Waals surface area contributed by atoms with Crippen molar-refractivity contribution < 1.29 is 9.53 Å². The highest BCUT2D eigenvalue weighted by Crippen LogP contribution is 2.26. The van der Waals surface area contributed by atoms with Crippen molar-refractivity contribution in [3.63, 3.8) is 0 Å². The lowest BCUT2D eigenvalue weighted by molar-refractivity contribution is 0.102. The molecule has 0 saturated heterocycles. The number of carbonyl (C=O) groups excluding carboxylic acids is 1. The minimum Gasteiger partial charge on any atom is -0.487 e. The standard InChI is InChI=1S/C24H17BrCl3N3O2/c25-19-13-31(12-17-8-9-18(26)11-21(17)28)30-23(19)29-24(32)16-5-3-4-15(10-16)14-33-22-7-2-1-6-20(22)27/h1-11,13H,12,14H2,(H,29,30,32). The Morgan fingerprint density at radius 2 is 1.82 bits per heavy atom. The first-order valence-electron chi connectivity index (χ1n) is 9.83. The van der Waals surface area contributed by atoms with Crippen LogP contribution in [-0.4, -0.2) is 15.7 Å². The molecule has 168 valence electrons. The molecule has 0 aliphatic heterocycles. The molecule has 0 atom stereocenters. The number of benzene rings is 3. The van der Waals surface area contributed by atoms with Crippen LogP contribution in [0.15, 0.2) is 77.4 Å². The van der Waals surface area contributed by atoms with Crippen LogP contribution in [0.2, 0.25) is 15.1 Å². The third kappa shape index (κ3) is 6.09. The summed E-state index contributed by atoms with van der Waals surface area (Å²) < 4.78 is 8.10. The number of carbonyl (C=O) groups is 1. The second kappa shape index (κ2) is 10.6. The van der Waals surface area contributed by atoms with Crippen LogP contribution < -0.4 is 10.1 Å². The van der Waals surface area contributed by atoms with Crippen LogP contribution in [0.4, 0.5) is 5.82 Å². The van der Waals surface area contributed by atoms with Crippen molar-refractivity contribution in [3.05, 3.63) is 109 Å². The molecule has 0 radical (unpaired) electrons. The fraction of sp³-hybridized carbons (Fsp3) is 0.0833. The van der Waals surface area contributed by atoms with E-state index in [9.17, 15) is 4.79 Å². The smallest absolute Gasteiger partial charge is 0.256 e. The number of nitrogens with one attached hydrogen (secondary N) is 1. The predicted molar refractivity (Wildman–Crippen MR) is 136 cm³/mol. The van der Waals surface area contributed by atoms with E-state index in [4.69, 9.17) is 39.5 Å². The lowest BCUT2D eigenvalue weighted by Crippen LogP contribution is -2.13. The maximum Gasteiger partial charge on any atom is 0.256 e. The fourth-order valence-electron chi connectivity index (χ4n) is 3.09. The zero-order valence-electron chi connectivity index (χ0n) is 17.1. The minimum atomic E-state index is -0.287. The van der Waals surface area contributed by atoms with Gasteiger partial charge in [-0.25, -0.2) is 0 Å². The van der Waals surface area contributed by atoms with Gasteiger partial charge >= 0.3 is 0 Å². The highest BCUT2D eigenvalue weighted by Gasteiger charge is 2.14. The van der Waals surface area contributed by atoms with Crippen LogP contribution in [0, 0.1) is 0 Å². The monoisotopic (exact) mass is 563 g/mol. The maximum absolute atomic E-state index is 12.8. The van der Waals surface area contributed by atoms with Gasteiger partial charge in [-0.3, -0.25) is 9.48 Å². The summed E-state index contributed by atoms with van der Waals surface area (Å²) in [5, 5.41) is 8.93. The zero-order valence-corrected chi connectivity index (χ0v) is 20.9. The average Bonchev–Trinajstić information content (AvgIpc) is 3.14. The lowest BCUT2D eigenvalue weighted by Gasteiger charge is -2.09. The number of amides is 1. The van der Waals surface area contributed by atoms with Crippen molar-refractivity contribution in [2.45, 2.75) is 13.2 Å². The van der Waals surface area contributed by atoms with E-state index >= 15 is 0 Å². The van der Waals surface area contributed by atoms with Crippen LogP contribution >= 0.6 is 50.7 Å². The maximum atomic E-state index is 12.8. The second-order valence-electron chi connectivity index (χ2n) is 7.13. The topological polar surface area (TPSA) is 56.2 Å². The summed E-state index contributed by atoms with van der Waals surface area (Å²) in [5.41, 5.74) is 2.18. The van der Waals surface area contributed by atoms with Gasteiger partial charge in [0.15, 0.2) is 5.82 Å². The third-order valence-corrected chi connectivity index (χ3v) is 6.20. The van der Waals surface area contributed by atoms with Crippen LogP contribution in [0.3, 0.4) is 0 Å². The summed E-state index contributed by atoms with van der Waals surface area (Å²) in [6.45, 7) is 0.713. The largest absolute Gasteiger partial charge is 0.487 e. The Labute approximate surface area is 214 Å². The predicted octanol–water partition coefficient (Wildman–Crippen LogP) is 7.49. The molecule has 1 aromatic heterocycles. The highest BCUT2D eigenvalue weighted by molar-refractivity contribution is 9.10. The molecule has 9 heteroatoms. The van der Waals surface area contributed by atoms with Crippen molar-refractivity contribution in [1.29, 1.82) is 0 Å². The van der Waals surface area contributed by atoms with E-state index in [0.29, 0.717) is 43.2 Å². The Kier molecular flexibility index (Phi) is 7.60. The van der Waals surface area contributed by atoms with E-state index in [1.165, 1.54) is 0 Å². The van der Waals surface area contributed by atoms with Crippen LogP contribution in [-0.2, 0) is 13.2 Å². The van der Waals surface area contributed by atoms with Gasteiger partial charge in [-0.1, -0.05) is 65.1 Å². The molecule has 0 unspecified atom stereocenters. The summed E-state index contributed by atoms with van der Waals surface area (Å²) in [5.74, 6) is 0.706. The van der Waals surface area contributed by atoms with Gasteiger partial charge in [-0.2, -0.15) is 5.10 Å². The van der Waals surface area contributed by atoms with Gasteiger partial charge in [0.25, 0.3) is 5.91 Å². The first kappa shape index (κ1) is 23.6. The van der Waals surface area contributed by atoms with Gasteiger partial charge in [-0.15, -0.1) is 0 Å². The molecule has 0 spiro atoms. The van der Waals surface area contributed by atoms with E-state index < -0.39 is 0 Å². The van der Waals surface area contributed by atoms with Crippen molar-refractivity contribution in [2.75, 3.05) is 5.32 Å². The molecular weight excluding hydrogens is 549 g/mol. The Morgan fingerprint density at radius 3 is 2.61 bits per heavy atom. The fourth-order valence-corrected chi connectivity index (χ4v) is 4.17. The van der Waals surface area contributed by atoms with Crippen molar-refractivity contribution in [2.24, 2.45) is 0 Å². The number of rotatable bonds is 7. The molecule has 1 heterocycles. The quantitative estimate of drug-likeness (QED) is 0.253. The Balaban J connectivity index is 1.43. The molecule has 4 aromatic rings. The number of para-hydroxylation sites is 1. The van der Waals surface area contributed by atoms with Crippen molar-refractivity contribution in [1.82, 2.24) is 9.78 Å². The van der Waals surface area contributed by atoms with Crippen LogP contribution in [0.5, 0.6) is 5.75 Å². The van der Waals surface area contributed by atoms with Crippen molar-refractivity contribution in [3.8, 4) is 5.75 Å². The lowest BCUT2D eigenvalue weighted by atomic mass is 10.1. The number of halogens is 4. The Morgan fingerprint density at radius 1 is 1.00 bits per heavy atom. The number of nitrogens with zero attached hydrogens (tertiary/aromatic N) is 2. The Hall–Kier alpha value is -2.51. The first-order valence-corrected chi connectivity index (χ1v) is 11.8. The molecule has 0 saturated carbocycles. The molecular formula is C24H17BrCl3N3O2. The van der Waals surface area contributed by atoms with E-state index in [1.807, 2.05) is 24.3 Å². The van der Waals surface area contributed by atoms with E-state index in [0.717, 1.165) is 11.1 Å². The molecule has 1 amide bonds. The summed E-state index contributed by atoms with van der Waals surface area (Å²) in [6.07, 6.45) is 1.77. The third-order valence-electron chi connectivity index (χ3n) is 4.72. The number of ether oxygens (including phenoxy) is 1. The summed E-state index contributed by atoms with van der Waals surface area (Å²) in [6, 6.07) is 19.7. The molecule has 0 aliphatic rings. The molecule has 0 fully saturated rings. The molecule has 33 heavy (non-hydrogen) atoms. The zero-order chi connectivity index (χ0) is 23.4. The summed E-state index contributed by atoms with van der Waals surface area (Å²) in [4.78, 5) is 12.8. The van der Waals surface area contributed by atoms with Gasteiger partial charge in [-0.05, 0) is 63.5 Å². The molecule has 0 aliphatic carbocycles. The molecule has 1 N–H and O–H groups in total. The number of hydrogen-bond acceptors (Lipinski definition) is 3.